The third-order valence-electron chi connectivity index (χ3n) is 1.08. The van der Waals surface area contributed by atoms with Crippen LogP contribution < -0.4 is 0 Å². The number of aliphatic hydroxyl groups is 1. The van der Waals surface area contributed by atoms with Crippen molar-refractivity contribution in [1.29, 1.82) is 0 Å². The molecule has 0 aliphatic carbocycles. The molecule has 1 aromatic heterocycles. The summed E-state index contributed by atoms with van der Waals surface area (Å²) >= 11 is 0.981. The van der Waals surface area contributed by atoms with Gasteiger partial charge >= 0.3 is 5.97 Å². The number of rotatable bonds is 2. The lowest BCUT2D eigenvalue weighted by atomic mass is 10.4. The van der Waals surface area contributed by atoms with Gasteiger partial charge in [0, 0.05) is 0 Å². The number of aromatic nitrogens is 2. The molecule has 0 spiro atoms. The monoisotopic (exact) mass is 174 g/mol. The third-order valence-corrected chi connectivity index (χ3v) is 1.78. The Morgan fingerprint density at radius 1 is 1.82 bits per heavy atom. The summed E-state index contributed by atoms with van der Waals surface area (Å²) in [5, 5.41) is 12.2. The highest BCUT2D eigenvalue weighted by Crippen LogP contribution is 2.10. The Morgan fingerprint density at radius 2 is 2.55 bits per heavy atom. The minimum Gasteiger partial charge on any atom is -0.464 e. The highest BCUT2D eigenvalue weighted by molar-refractivity contribution is 7.05. The van der Waals surface area contributed by atoms with E-state index >= 15 is 0 Å². The Morgan fingerprint density at radius 3 is 3.09 bits per heavy atom. The Hall–Kier alpha value is -1.01. The maximum absolute atomic E-state index is 10.8. The molecule has 0 aliphatic heterocycles. The van der Waals surface area contributed by atoms with Gasteiger partial charge in [-0.3, -0.25) is 0 Å². The zero-order valence-corrected chi connectivity index (χ0v) is 6.59. The number of nitrogens with zero attached hydrogens (tertiary/aromatic N) is 2. The van der Waals surface area contributed by atoms with E-state index in [1.54, 1.807) is 0 Å². The van der Waals surface area contributed by atoms with Crippen LogP contribution in [0, 0.1) is 0 Å². The molecule has 11 heavy (non-hydrogen) atoms. The van der Waals surface area contributed by atoms with E-state index < -0.39 is 5.97 Å². The van der Waals surface area contributed by atoms with Crippen LogP contribution in [0.25, 0.3) is 0 Å². The summed E-state index contributed by atoms with van der Waals surface area (Å²) in [6.07, 6.45) is 0. The second-order valence-corrected chi connectivity index (χ2v) is 2.53. The smallest absolute Gasteiger partial charge is 0.359 e. The van der Waals surface area contributed by atoms with Gasteiger partial charge in [-0.25, -0.2) is 4.79 Å². The first-order chi connectivity index (χ1) is 5.29. The second-order valence-electron chi connectivity index (χ2n) is 1.69. The summed E-state index contributed by atoms with van der Waals surface area (Å²) in [6.45, 7) is -0.234. The lowest BCUT2D eigenvalue weighted by Gasteiger charge is -1.93. The molecule has 0 saturated carbocycles. The van der Waals surface area contributed by atoms with Crippen LogP contribution in [0.5, 0.6) is 0 Å². The number of carbonyl (C=O) groups is 1. The molecule has 6 heteroatoms. The molecular formula is C5H6N2O3S. The number of hydrogen-bond acceptors (Lipinski definition) is 6. The molecule has 0 amide bonds. The zero-order valence-electron chi connectivity index (χ0n) is 5.77. The average molecular weight is 174 g/mol. The second kappa shape index (κ2) is 3.40. The molecular weight excluding hydrogens is 168 g/mol. The zero-order chi connectivity index (χ0) is 8.27. The predicted octanol–water partition coefficient (Wildman–Crippen LogP) is -0.183. The average Bonchev–Trinajstić information content (AvgIpc) is 2.50. The van der Waals surface area contributed by atoms with E-state index in [9.17, 15) is 4.79 Å². The number of aliphatic hydroxyl groups excluding tert-OH is 1. The maximum atomic E-state index is 10.8. The number of carbonyl (C=O) groups excluding carboxylic acids is 1. The fourth-order valence-corrected chi connectivity index (χ4v) is 1.05. The fourth-order valence-electron chi connectivity index (χ4n) is 0.565. The molecule has 0 aliphatic rings. The highest BCUT2D eigenvalue weighted by atomic mass is 32.1. The first kappa shape index (κ1) is 8.09. The van der Waals surface area contributed by atoms with Crippen molar-refractivity contribution >= 4 is 17.5 Å². The summed E-state index contributed by atoms with van der Waals surface area (Å²) in [5.41, 5.74) is 0.0972. The van der Waals surface area contributed by atoms with Gasteiger partial charge in [0.15, 0.2) is 5.69 Å². The first-order valence-corrected chi connectivity index (χ1v) is 3.57. The van der Waals surface area contributed by atoms with Crippen molar-refractivity contribution in [3.05, 3.63) is 10.6 Å². The number of ether oxygens (including phenoxy) is 1. The lowest BCUT2D eigenvalue weighted by molar-refractivity contribution is 0.0590. The van der Waals surface area contributed by atoms with Gasteiger partial charge in [-0.2, -0.15) is 0 Å². The van der Waals surface area contributed by atoms with Crippen molar-refractivity contribution < 1.29 is 14.6 Å². The highest BCUT2D eigenvalue weighted by Gasteiger charge is 2.15. The quantitative estimate of drug-likeness (QED) is 0.629. The van der Waals surface area contributed by atoms with Gasteiger partial charge in [0.25, 0.3) is 0 Å². The standard InChI is InChI=1S/C5H6N2O3S/c1-10-5(9)4-3(2-8)11-7-6-4/h8H,2H2,1H3. The third kappa shape index (κ3) is 1.52. The molecule has 0 atom stereocenters. The molecule has 0 saturated heterocycles. The molecule has 0 fully saturated rings. The summed E-state index contributed by atoms with van der Waals surface area (Å²) in [7, 11) is 1.25. The number of hydrogen-bond donors (Lipinski definition) is 1. The van der Waals surface area contributed by atoms with E-state index in [1.807, 2.05) is 0 Å². The molecule has 0 radical (unpaired) electrons. The van der Waals surface area contributed by atoms with Gasteiger partial charge in [-0.05, 0) is 11.5 Å². The van der Waals surface area contributed by atoms with Crippen LogP contribution in [0.1, 0.15) is 15.4 Å². The van der Waals surface area contributed by atoms with Crippen molar-refractivity contribution in [1.82, 2.24) is 9.59 Å². The van der Waals surface area contributed by atoms with Gasteiger partial charge in [-0.1, -0.05) is 4.49 Å². The van der Waals surface area contributed by atoms with E-state index in [2.05, 4.69) is 14.3 Å². The van der Waals surface area contributed by atoms with E-state index in [-0.39, 0.29) is 12.3 Å². The summed E-state index contributed by atoms with van der Waals surface area (Å²) in [6, 6.07) is 0. The number of esters is 1. The predicted molar refractivity (Wildman–Crippen MR) is 37.2 cm³/mol. The van der Waals surface area contributed by atoms with Gasteiger partial charge in [0.05, 0.1) is 18.6 Å². The molecule has 1 aromatic rings. The van der Waals surface area contributed by atoms with Crippen molar-refractivity contribution in [2.75, 3.05) is 7.11 Å². The van der Waals surface area contributed by atoms with Crippen molar-refractivity contribution in [2.45, 2.75) is 6.61 Å². The van der Waals surface area contributed by atoms with Gasteiger partial charge < -0.3 is 9.84 Å². The normalized spacial score (nSPS) is 9.64. The Labute approximate surface area is 66.8 Å². The summed E-state index contributed by atoms with van der Waals surface area (Å²) in [4.78, 5) is 11.3. The van der Waals surface area contributed by atoms with Crippen LogP contribution >= 0.6 is 11.5 Å². The largest absolute Gasteiger partial charge is 0.464 e. The van der Waals surface area contributed by atoms with Gasteiger partial charge in [-0.15, -0.1) is 5.10 Å². The Bertz CT molecular complexity index is 260. The minimum atomic E-state index is -0.567. The molecule has 1 heterocycles. The van der Waals surface area contributed by atoms with E-state index in [0.29, 0.717) is 4.88 Å². The van der Waals surface area contributed by atoms with Crippen LogP contribution in [0.15, 0.2) is 0 Å². The fraction of sp³-hybridized carbons (Fsp3) is 0.400. The minimum absolute atomic E-state index is 0.0972. The van der Waals surface area contributed by atoms with E-state index in [1.165, 1.54) is 7.11 Å². The Balaban J connectivity index is 2.92. The Kier molecular flexibility index (Phi) is 2.50. The lowest BCUT2D eigenvalue weighted by Crippen LogP contribution is -2.04. The molecule has 5 nitrogen and oxygen atoms in total. The van der Waals surface area contributed by atoms with Crippen molar-refractivity contribution in [3.8, 4) is 0 Å². The summed E-state index contributed by atoms with van der Waals surface area (Å²) in [5.74, 6) is -0.567. The SMILES string of the molecule is COC(=O)c1nnsc1CO. The molecule has 0 bridgehead atoms. The topological polar surface area (TPSA) is 72.3 Å². The van der Waals surface area contributed by atoms with Crippen LogP contribution in [-0.4, -0.2) is 27.8 Å². The molecule has 0 aromatic carbocycles. The first-order valence-electron chi connectivity index (χ1n) is 2.80. The van der Waals surface area contributed by atoms with Crippen LogP contribution in [0.4, 0.5) is 0 Å². The van der Waals surface area contributed by atoms with Crippen molar-refractivity contribution in [2.24, 2.45) is 0 Å². The van der Waals surface area contributed by atoms with Crippen LogP contribution in [-0.2, 0) is 11.3 Å². The van der Waals surface area contributed by atoms with Crippen LogP contribution in [0.2, 0.25) is 0 Å². The molecule has 1 rings (SSSR count). The molecule has 0 unspecified atom stereocenters. The van der Waals surface area contributed by atoms with Crippen LogP contribution in [0.3, 0.4) is 0 Å². The van der Waals surface area contributed by atoms with Gasteiger partial charge in [0.2, 0.25) is 0 Å². The summed E-state index contributed by atoms with van der Waals surface area (Å²) < 4.78 is 7.88. The van der Waals surface area contributed by atoms with E-state index in [0.717, 1.165) is 11.5 Å². The van der Waals surface area contributed by atoms with Crippen molar-refractivity contribution in [3.63, 3.8) is 0 Å². The maximum Gasteiger partial charge on any atom is 0.359 e. The van der Waals surface area contributed by atoms with E-state index in [4.69, 9.17) is 5.11 Å². The number of methoxy groups -OCH3 is 1. The molecule has 1 N–H and O–H groups in total. The molecule has 60 valence electrons. The van der Waals surface area contributed by atoms with Gasteiger partial charge in [0.1, 0.15) is 0 Å².